The first kappa shape index (κ1) is 18.4. The Kier molecular flexibility index (Phi) is 5.32. The second kappa shape index (κ2) is 6.92. The summed E-state index contributed by atoms with van der Waals surface area (Å²) < 4.78 is 35.6. The Morgan fingerprint density at radius 2 is 2.00 bits per heavy atom. The second-order valence-corrected chi connectivity index (χ2v) is 7.87. The Morgan fingerprint density at radius 3 is 2.54 bits per heavy atom. The Bertz CT molecular complexity index is 854. The summed E-state index contributed by atoms with van der Waals surface area (Å²) in [6.07, 6.45) is 0. The van der Waals surface area contributed by atoms with Gasteiger partial charge >= 0.3 is 5.97 Å². The molecule has 0 unspecified atom stereocenters. The summed E-state index contributed by atoms with van der Waals surface area (Å²) in [5, 5.41) is 3.88. The van der Waals surface area contributed by atoms with E-state index in [1.807, 2.05) is 0 Å². The number of esters is 1. The highest BCUT2D eigenvalue weighted by atomic mass is 35.5. The third kappa shape index (κ3) is 3.61. The van der Waals surface area contributed by atoms with Gasteiger partial charge in [0.2, 0.25) is 10.0 Å². The van der Waals surface area contributed by atoms with Gasteiger partial charge < -0.3 is 9.26 Å². The van der Waals surface area contributed by atoms with E-state index in [0.717, 1.165) is 4.31 Å². The molecule has 130 valence electrons. The second-order valence-electron chi connectivity index (χ2n) is 5.31. The Balaban J connectivity index is 2.26. The highest BCUT2D eigenvalue weighted by Crippen LogP contribution is 2.23. The number of sulfonamides is 1. The van der Waals surface area contributed by atoms with Crippen LogP contribution >= 0.6 is 11.6 Å². The van der Waals surface area contributed by atoms with Crippen molar-refractivity contribution in [1.82, 2.24) is 9.46 Å². The fourth-order valence-electron chi connectivity index (χ4n) is 1.96. The zero-order valence-electron chi connectivity index (χ0n) is 13.7. The van der Waals surface area contributed by atoms with Crippen molar-refractivity contribution in [3.05, 3.63) is 45.8 Å². The van der Waals surface area contributed by atoms with E-state index in [0.29, 0.717) is 17.0 Å². The van der Waals surface area contributed by atoms with Crippen molar-refractivity contribution in [2.75, 3.05) is 14.1 Å². The van der Waals surface area contributed by atoms with Gasteiger partial charge in [0.05, 0.1) is 26.7 Å². The number of carbonyl (C=O) groups is 1. The molecule has 0 amide bonds. The largest absolute Gasteiger partial charge is 0.457 e. The monoisotopic (exact) mass is 372 g/mol. The van der Waals surface area contributed by atoms with Gasteiger partial charge in [0.1, 0.15) is 12.4 Å². The van der Waals surface area contributed by atoms with Crippen molar-refractivity contribution < 1.29 is 22.5 Å². The molecule has 0 spiro atoms. The van der Waals surface area contributed by atoms with Gasteiger partial charge in [0.15, 0.2) is 0 Å². The van der Waals surface area contributed by atoms with Crippen molar-refractivity contribution in [2.45, 2.75) is 25.3 Å². The number of nitrogens with zero attached hydrogens (tertiary/aromatic N) is 2. The van der Waals surface area contributed by atoms with Crippen LogP contribution in [0.4, 0.5) is 0 Å². The lowest BCUT2D eigenvalue weighted by atomic mass is 10.2. The van der Waals surface area contributed by atoms with Crippen LogP contribution in [0.15, 0.2) is 27.6 Å². The summed E-state index contributed by atoms with van der Waals surface area (Å²) >= 11 is 6.00. The summed E-state index contributed by atoms with van der Waals surface area (Å²) in [5.41, 5.74) is 1.26. The quantitative estimate of drug-likeness (QED) is 0.749. The van der Waals surface area contributed by atoms with Gasteiger partial charge in [0, 0.05) is 14.1 Å². The van der Waals surface area contributed by atoms with E-state index >= 15 is 0 Å². The highest BCUT2D eigenvalue weighted by Gasteiger charge is 2.22. The molecule has 2 rings (SSSR count). The third-order valence-corrected chi connectivity index (χ3v) is 5.61. The molecule has 0 aliphatic carbocycles. The molecule has 0 N–H and O–H groups in total. The van der Waals surface area contributed by atoms with E-state index in [-0.39, 0.29) is 22.1 Å². The first-order chi connectivity index (χ1) is 11.1. The maximum Gasteiger partial charge on any atom is 0.340 e. The minimum absolute atomic E-state index is 0.0219. The van der Waals surface area contributed by atoms with Gasteiger partial charge in [-0.3, -0.25) is 0 Å². The van der Waals surface area contributed by atoms with Gasteiger partial charge in [-0.15, -0.1) is 0 Å². The molecule has 2 aromatic rings. The van der Waals surface area contributed by atoms with Gasteiger partial charge in [-0.2, -0.15) is 0 Å². The van der Waals surface area contributed by atoms with Crippen molar-refractivity contribution in [3.8, 4) is 0 Å². The fraction of sp³-hybridized carbons (Fsp3) is 0.333. The first-order valence-electron chi connectivity index (χ1n) is 6.95. The summed E-state index contributed by atoms with van der Waals surface area (Å²) in [6.45, 7) is 3.40. The summed E-state index contributed by atoms with van der Waals surface area (Å²) in [4.78, 5) is 12.2. The van der Waals surface area contributed by atoms with Gasteiger partial charge in [-0.05, 0) is 32.0 Å². The molecule has 0 bridgehead atoms. The number of carbonyl (C=O) groups excluding carboxylic acids is 1. The molecule has 1 heterocycles. The maximum absolute atomic E-state index is 12.3. The van der Waals surface area contributed by atoms with Crippen LogP contribution in [-0.4, -0.2) is 37.9 Å². The van der Waals surface area contributed by atoms with Crippen LogP contribution in [-0.2, 0) is 21.4 Å². The predicted molar refractivity (Wildman–Crippen MR) is 87.4 cm³/mol. The summed E-state index contributed by atoms with van der Waals surface area (Å²) in [7, 11) is -0.875. The molecule has 0 saturated heterocycles. The Hall–Kier alpha value is -1.90. The van der Waals surface area contributed by atoms with Crippen molar-refractivity contribution >= 4 is 27.6 Å². The molecule has 0 fully saturated rings. The van der Waals surface area contributed by atoms with Gasteiger partial charge in [-0.1, -0.05) is 16.8 Å². The molecule has 0 atom stereocenters. The van der Waals surface area contributed by atoms with Gasteiger partial charge in [0.25, 0.3) is 0 Å². The predicted octanol–water partition coefficient (Wildman–Crippen LogP) is 2.55. The lowest BCUT2D eigenvalue weighted by molar-refractivity contribution is 0.0470. The zero-order valence-corrected chi connectivity index (χ0v) is 15.2. The summed E-state index contributed by atoms with van der Waals surface area (Å²) in [6, 6.07) is 3.89. The van der Waals surface area contributed by atoms with E-state index < -0.39 is 16.0 Å². The van der Waals surface area contributed by atoms with Crippen molar-refractivity contribution in [2.24, 2.45) is 0 Å². The molecule has 0 aliphatic heterocycles. The number of benzene rings is 1. The average molecular weight is 373 g/mol. The first-order valence-corrected chi connectivity index (χ1v) is 8.77. The van der Waals surface area contributed by atoms with Crippen LogP contribution in [0.25, 0.3) is 0 Å². The molecule has 7 nitrogen and oxygen atoms in total. The van der Waals surface area contributed by atoms with Gasteiger partial charge in [-0.25, -0.2) is 17.5 Å². The lowest BCUT2D eigenvalue weighted by Gasteiger charge is -2.13. The average Bonchev–Trinajstić information content (AvgIpc) is 2.83. The minimum atomic E-state index is -3.68. The topological polar surface area (TPSA) is 89.7 Å². The van der Waals surface area contributed by atoms with E-state index in [1.54, 1.807) is 13.8 Å². The number of halogens is 1. The number of hydrogen-bond donors (Lipinski definition) is 0. The number of hydrogen-bond acceptors (Lipinski definition) is 6. The molecular weight excluding hydrogens is 356 g/mol. The van der Waals surface area contributed by atoms with Crippen LogP contribution in [0.2, 0.25) is 5.02 Å². The number of rotatable bonds is 5. The normalized spacial score (nSPS) is 11.8. The molecule has 0 saturated carbocycles. The van der Waals surface area contributed by atoms with Crippen molar-refractivity contribution in [1.29, 1.82) is 0 Å². The lowest BCUT2D eigenvalue weighted by Crippen LogP contribution is -2.22. The van der Waals surface area contributed by atoms with Crippen LogP contribution in [0.1, 0.15) is 27.4 Å². The van der Waals surface area contributed by atoms with E-state index in [9.17, 15) is 13.2 Å². The van der Waals surface area contributed by atoms with Crippen molar-refractivity contribution in [3.63, 3.8) is 0 Å². The number of aryl methyl sites for hydroxylation is 2. The molecule has 0 aliphatic rings. The number of aromatic nitrogens is 1. The molecular formula is C15H17ClN2O5S. The molecule has 1 aromatic carbocycles. The van der Waals surface area contributed by atoms with Crippen LogP contribution < -0.4 is 0 Å². The smallest absolute Gasteiger partial charge is 0.340 e. The van der Waals surface area contributed by atoms with E-state index in [1.165, 1.54) is 32.3 Å². The zero-order chi connectivity index (χ0) is 18.1. The third-order valence-electron chi connectivity index (χ3n) is 3.47. The SMILES string of the molecule is Cc1noc(C)c1COC(=O)c1cc(S(=O)(=O)N(C)C)ccc1Cl. The standard InChI is InChI=1S/C15H17ClN2O5S/c1-9-13(10(2)23-17-9)8-22-15(19)12-7-11(5-6-14(12)16)24(20,21)18(3)4/h5-7H,8H2,1-4H3. The Morgan fingerprint density at radius 1 is 1.33 bits per heavy atom. The van der Waals surface area contributed by atoms with Crippen LogP contribution in [0.5, 0.6) is 0 Å². The molecule has 9 heteroatoms. The van der Waals surface area contributed by atoms with E-state index in [4.69, 9.17) is 20.9 Å². The van der Waals surface area contributed by atoms with E-state index in [2.05, 4.69) is 5.16 Å². The van der Waals surface area contributed by atoms with Crippen LogP contribution in [0, 0.1) is 13.8 Å². The van der Waals surface area contributed by atoms with Crippen LogP contribution in [0.3, 0.4) is 0 Å². The minimum Gasteiger partial charge on any atom is -0.457 e. The molecule has 1 aromatic heterocycles. The fourth-order valence-corrected chi connectivity index (χ4v) is 3.08. The maximum atomic E-state index is 12.3. The highest BCUT2D eigenvalue weighted by molar-refractivity contribution is 7.89. The summed E-state index contributed by atoms with van der Waals surface area (Å²) in [5.74, 6) is -0.175. The molecule has 24 heavy (non-hydrogen) atoms. The number of ether oxygens (including phenoxy) is 1. The molecule has 0 radical (unpaired) electrons. The Labute approximate surface area is 145 Å².